The van der Waals surface area contributed by atoms with E-state index in [2.05, 4.69) is 0 Å². The lowest BCUT2D eigenvalue weighted by atomic mass is 10.2. The van der Waals surface area contributed by atoms with Crippen LogP contribution in [-0.4, -0.2) is 27.4 Å². The van der Waals surface area contributed by atoms with Gasteiger partial charge < -0.3 is 15.7 Å². The second-order valence-corrected chi connectivity index (χ2v) is 6.89. The Hall–Kier alpha value is -1.16. The molecule has 0 saturated heterocycles. The molecular weight excluding hydrogens is 241 g/mol. The van der Waals surface area contributed by atoms with Crippen LogP contribution in [0.4, 0.5) is 0 Å². The van der Waals surface area contributed by atoms with E-state index in [0.29, 0.717) is 6.42 Å². The SMILES string of the molecule is C[C@@](N)(C(=O)O)P(=O)(O)CCc1ccccc1. The van der Waals surface area contributed by atoms with E-state index in [0.717, 1.165) is 12.5 Å². The van der Waals surface area contributed by atoms with Gasteiger partial charge in [0.1, 0.15) is 0 Å². The number of carboxylic acids is 1. The Morgan fingerprint density at radius 2 is 1.94 bits per heavy atom. The standard InChI is InChI=1S/C11H16NO4P/c1-11(12,10(13)14)17(15,16)8-7-9-5-3-2-4-6-9/h2-6H,7-8,12H2,1H3,(H,13,14)(H,15,16)/t11-/m0/s1. The summed E-state index contributed by atoms with van der Waals surface area (Å²) in [5.41, 5.74) is 6.27. The van der Waals surface area contributed by atoms with Crippen LogP contribution < -0.4 is 5.73 Å². The molecule has 1 unspecified atom stereocenters. The lowest BCUT2D eigenvalue weighted by molar-refractivity contribution is -0.139. The molecule has 0 bridgehead atoms. The van der Waals surface area contributed by atoms with Crippen molar-refractivity contribution in [3.63, 3.8) is 0 Å². The first-order valence-corrected chi connectivity index (χ1v) is 7.00. The summed E-state index contributed by atoms with van der Waals surface area (Å²) in [6.07, 6.45) is 0.186. The van der Waals surface area contributed by atoms with Gasteiger partial charge >= 0.3 is 5.97 Å². The predicted octanol–water partition coefficient (Wildman–Crippen LogP) is 1.26. The van der Waals surface area contributed by atoms with Crippen LogP contribution >= 0.6 is 7.37 Å². The highest BCUT2D eigenvalue weighted by Crippen LogP contribution is 2.51. The highest BCUT2D eigenvalue weighted by Gasteiger charge is 2.46. The molecule has 5 nitrogen and oxygen atoms in total. The number of aryl methyl sites for hydroxylation is 1. The smallest absolute Gasteiger partial charge is 0.333 e. The van der Waals surface area contributed by atoms with Gasteiger partial charge in [0.05, 0.1) is 0 Å². The van der Waals surface area contributed by atoms with E-state index in [1.165, 1.54) is 0 Å². The topological polar surface area (TPSA) is 101 Å². The van der Waals surface area contributed by atoms with Crippen molar-refractivity contribution in [2.45, 2.75) is 18.6 Å². The zero-order valence-electron chi connectivity index (χ0n) is 9.54. The molecule has 0 aliphatic heterocycles. The van der Waals surface area contributed by atoms with E-state index in [9.17, 15) is 14.3 Å². The van der Waals surface area contributed by atoms with Crippen molar-refractivity contribution in [1.29, 1.82) is 0 Å². The molecule has 1 aromatic carbocycles. The molecule has 0 aliphatic carbocycles. The van der Waals surface area contributed by atoms with Gasteiger partial charge in [-0.2, -0.15) is 0 Å². The summed E-state index contributed by atoms with van der Waals surface area (Å²) < 4.78 is 11.9. The molecule has 0 aliphatic rings. The van der Waals surface area contributed by atoms with E-state index in [4.69, 9.17) is 10.8 Å². The number of nitrogens with two attached hydrogens (primary N) is 1. The first-order chi connectivity index (χ1) is 7.77. The monoisotopic (exact) mass is 257 g/mol. The fourth-order valence-corrected chi connectivity index (χ4v) is 2.63. The van der Waals surface area contributed by atoms with Gasteiger partial charge in [0.2, 0.25) is 7.37 Å². The molecule has 0 fully saturated rings. The maximum atomic E-state index is 11.9. The predicted molar refractivity (Wildman–Crippen MR) is 65.1 cm³/mol. The van der Waals surface area contributed by atoms with E-state index in [-0.39, 0.29) is 6.16 Å². The van der Waals surface area contributed by atoms with Crippen molar-refractivity contribution in [3.8, 4) is 0 Å². The van der Waals surface area contributed by atoms with E-state index in [1.54, 1.807) is 0 Å². The largest absolute Gasteiger partial charge is 0.479 e. The minimum Gasteiger partial charge on any atom is -0.479 e. The minimum absolute atomic E-state index is 0.143. The second-order valence-electron chi connectivity index (χ2n) is 4.11. The maximum absolute atomic E-state index is 11.9. The van der Waals surface area contributed by atoms with Gasteiger partial charge in [-0.25, -0.2) is 4.79 Å². The van der Waals surface area contributed by atoms with Crippen molar-refractivity contribution in [2.24, 2.45) is 5.73 Å². The molecular formula is C11H16NO4P. The third-order valence-corrected chi connectivity index (χ3v) is 5.18. The molecule has 0 saturated carbocycles. The third-order valence-electron chi connectivity index (χ3n) is 2.71. The molecule has 1 rings (SSSR count). The van der Waals surface area contributed by atoms with Crippen LogP contribution in [0.5, 0.6) is 0 Å². The Bertz CT molecular complexity index is 444. The summed E-state index contributed by atoms with van der Waals surface area (Å²) in [5, 5.41) is 6.72. The molecule has 6 heteroatoms. The molecule has 17 heavy (non-hydrogen) atoms. The van der Waals surface area contributed by atoms with Crippen molar-refractivity contribution < 1.29 is 19.4 Å². The lowest BCUT2D eigenvalue weighted by Gasteiger charge is -2.25. The summed E-state index contributed by atoms with van der Waals surface area (Å²) >= 11 is 0. The Labute approximate surface area is 99.7 Å². The van der Waals surface area contributed by atoms with Crippen molar-refractivity contribution in [2.75, 3.05) is 6.16 Å². The van der Waals surface area contributed by atoms with Crippen molar-refractivity contribution in [1.82, 2.24) is 0 Å². The normalized spacial score (nSPS) is 18.1. The van der Waals surface area contributed by atoms with Gasteiger partial charge in [0.15, 0.2) is 5.28 Å². The first-order valence-electron chi connectivity index (χ1n) is 5.15. The summed E-state index contributed by atoms with van der Waals surface area (Å²) in [6, 6.07) is 9.10. The highest BCUT2D eigenvalue weighted by atomic mass is 31.2. The summed E-state index contributed by atoms with van der Waals surface area (Å²) in [7, 11) is -3.94. The molecule has 0 spiro atoms. The van der Waals surface area contributed by atoms with Gasteiger partial charge in [-0.1, -0.05) is 30.3 Å². The van der Waals surface area contributed by atoms with Gasteiger partial charge in [0, 0.05) is 6.16 Å². The first kappa shape index (κ1) is 13.9. The number of rotatable bonds is 5. The lowest BCUT2D eigenvalue weighted by Crippen LogP contribution is -2.45. The zero-order valence-corrected chi connectivity index (χ0v) is 10.4. The zero-order chi connectivity index (χ0) is 13.1. The van der Waals surface area contributed by atoms with Gasteiger partial charge in [-0.05, 0) is 18.9 Å². The van der Waals surface area contributed by atoms with E-state index < -0.39 is 18.6 Å². The Kier molecular flexibility index (Phi) is 4.09. The molecule has 0 radical (unpaired) electrons. The Balaban J connectivity index is 2.75. The average Bonchev–Trinajstić information content (AvgIpc) is 2.27. The Morgan fingerprint density at radius 3 is 2.41 bits per heavy atom. The van der Waals surface area contributed by atoms with Gasteiger partial charge in [-0.3, -0.25) is 4.57 Å². The van der Waals surface area contributed by atoms with Crippen molar-refractivity contribution >= 4 is 13.3 Å². The van der Waals surface area contributed by atoms with Crippen LogP contribution in [0.2, 0.25) is 0 Å². The highest BCUT2D eigenvalue weighted by molar-refractivity contribution is 7.60. The van der Waals surface area contributed by atoms with E-state index >= 15 is 0 Å². The van der Waals surface area contributed by atoms with Crippen LogP contribution in [0, 0.1) is 0 Å². The fraction of sp³-hybridized carbons (Fsp3) is 0.364. The molecule has 1 aromatic rings. The van der Waals surface area contributed by atoms with Gasteiger partial charge in [-0.15, -0.1) is 0 Å². The molecule has 2 atom stereocenters. The number of hydrogen-bond acceptors (Lipinski definition) is 3. The second kappa shape index (κ2) is 5.00. The van der Waals surface area contributed by atoms with Crippen LogP contribution in [0.1, 0.15) is 12.5 Å². The molecule has 0 amide bonds. The summed E-state index contributed by atoms with van der Waals surface area (Å²) in [4.78, 5) is 20.5. The Morgan fingerprint density at radius 1 is 1.41 bits per heavy atom. The average molecular weight is 257 g/mol. The summed E-state index contributed by atoms with van der Waals surface area (Å²) in [6.45, 7) is 1.07. The minimum atomic E-state index is -3.94. The van der Waals surface area contributed by atoms with Crippen LogP contribution in [0.25, 0.3) is 0 Å². The van der Waals surface area contributed by atoms with Gasteiger partial charge in [0.25, 0.3) is 0 Å². The van der Waals surface area contributed by atoms with E-state index in [1.807, 2.05) is 30.3 Å². The summed E-state index contributed by atoms with van der Waals surface area (Å²) in [5.74, 6) is -1.46. The van der Waals surface area contributed by atoms with Crippen LogP contribution in [0.3, 0.4) is 0 Å². The number of hydrogen-bond donors (Lipinski definition) is 3. The molecule has 0 heterocycles. The van der Waals surface area contributed by atoms with Crippen LogP contribution in [0.15, 0.2) is 30.3 Å². The third kappa shape index (κ3) is 3.16. The van der Waals surface area contributed by atoms with Crippen LogP contribution in [-0.2, 0) is 15.8 Å². The fourth-order valence-electron chi connectivity index (χ4n) is 1.31. The number of carboxylic acid groups (broad SMARTS) is 1. The molecule has 4 N–H and O–H groups in total. The quantitative estimate of drug-likeness (QED) is 0.689. The molecule has 0 aromatic heterocycles. The molecule has 94 valence electrons. The maximum Gasteiger partial charge on any atom is 0.333 e. The number of benzene rings is 1. The number of aliphatic carboxylic acids is 1. The van der Waals surface area contributed by atoms with Crippen molar-refractivity contribution in [3.05, 3.63) is 35.9 Å². The number of carbonyl (C=O) groups is 1.